The quantitative estimate of drug-likeness (QED) is 0.893. The molecule has 0 saturated carbocycles. The molecule has 0 bridgehead atoms. The highest BCUT2D eigenvalue weighted by atomic mass is 35.5. The van der Waals surface area contributed by atoms with E-state index in [1.54, 1.807) is 4.90 Å². The van der Waals surface area contributed by atoms with Gasteiger partial charge in [0, 0.05) is 32.6 Å². The Morgan fingerprint density at radius 2 is 1.92 bits per heavy atom. The van der Waals surface area contributed by atoms with Gasteiger partial charge >= 0.3 is 0 Å². The Morgan fingerprint density at radius 3 is 2.60 bits per heavy atom. The number of likely N-dealkylation sites (N-methyl/N-ethyl adjacent to an activating group) is 1. The van der Waals surface area contributed by atoms with E-state index in [-0.39, 0.29) is 36.2 Å². The first-order valence-corrected chi connectivity index (χ1v) is 8.88. The summed E-state index contributed by atoms with van der Waals surface area (Å²) in [6, 6.07) is 10.2. The van der Waals surface area contributed by atoms with Gasteiger partial charge in [0.1, 0.15) is 0 Å². The van der Waals surface area contributed by atoms with Crippen molar-refractivity contribution in [2.24, 2.45) is 5.92 Å². The lowest BCUT2D eigenvalue weighted by molar-refractivity contribution is -0.147. The molecule has 2 aliphatic rings. The van der Waals surface area contributed by atoms with Crippen molar-refractivity contribution in [2.45, 2.75) is 37.8 Å². The average molecular weight is 366 g/mol. The zero-order valence-corrected chi connectivity index (χ0v) is 15.8. The van der Waals surface area contributed by atoms with E-state index in [4.69, 9.17) is 0 Å². The van der Waals surface area contributed by atoms with Gasteiger partial charge in [0.25, 0.3) is 0 Å². The zero-order valence-electron chi connectivity index (χ0n) is 15.0. The highest BCUT2D eigenvalue weighted by Gasteiger charge is 2.41. The second-order valence-electron chi connectivity index (χ2n) is 6.92. The van der Waals surface area contributed by atoms with Gasteiger partial charge in [-0.3, -0.25) is 9.59 Å². The van der Waals surface area contributed by atoms with Gasteiger partial charge in [0.05, 0.1) is 12.0 Å². The Hall–Kier alpha value is -1.59. The number of likely N-dealkylation sites (tertiary alicyclic amines) is 2. The lowest BCUT2D eigenvalue weighted by Crippen LogP contribution is -2.52. The fourth-order valence-electron chi connectivity index (χ4n) is 4.05. The molecular formula is C19H28ClN3O2. The van der Waals surface area contributed by atoms with Crippen molar-refractivity contribution in [3.05, 3.63) is 35.9 Å². The normalized spacial score (nSPS) is 27.0. The number of amides is 2. The van der Waals surface area contributed by atoms with Crippen molar-refractivity contribution in [2.75, 3.05) is 27.2 Å². The van der Waals surface area contributed by atoms with Gasteiger partial charge in [-0.2, -0.15) is 0 Å². The van der Waals surface area contributed by atoms with E-state index in [0.29, 0.717) is 18.9 Å². The summed E-state index contributed by atoms with van der Waals surface area (Å²) in [6.07, 6.45) is 3.25. The van der Waals surface area contributed by atoms with E-state index in [1.165, 1.54) is 0 Å². The van der Waals surface area contributed by atoms with Crippen LogP contribution in [0.3, 0.4) is 0 Å². The molecule has 6 heteroatoms. The Balaban J connectivity index is 0.00000225. The highest BCUT2D eigenvalue weighted by molar-refractivity contribution is 5.85. The minimum Gasteiger partial charge on any atom is -0.341 e. The second kappa shape index (κ2) is 8.68. The molecule has 138 valence electrons. The third-order valence-electron chi connectivity index (χ3n) is 5.46. The maximum atomic E-state index is 13.2. The monoisotopic (exact) mass is 365 g/mol. The van der Waals surface area contributed by atoms with Crippen LogP contribution >= 0.6 is 12.4 Å². The number of piperidine rings is 2. The van der Waals surface area contributed by atoms with E-state index < -0.39 is 0 Å². The molecule has 1 N–H and O–H groups in total. The van der Waals surface area contributed by atoms with Crippen LogP contribution in [0.5, 0.6) is 0 Å². The summed E-state index contributed by atoms with van der Waals surface area (Å²) in [4.78, 5) is 29.2. The highest BCUT2D eigenvalue weighted by Crippen LogP contribution is 2.37. The van der Waals surface area contributed by atoms with Crippen molar-refractivity contribution < 1.29 is 9.59 Å². The van der Waals surface area contributed by atoms with Crippen LogP contribution in [0.1, 0.15) is 37.3 Å². The SMILES string of the molecule is CNC1CCCN(C(=O)C2CCC(=O)N(C)C2c2ccccc2)C1.Cl. The topological polar surface area (TPSA) is 52.7 Å². The lowest BCUT2D eigenvalue weighted by Gasteiger charge is -2.42. The first-order chi connectivity index (χ1) is 11.6. The third-order valence-corrected chi connectivity index (χ3v) is 5.46. The van der Waals surface area contributed by atoms with Crippen LogP contribution in [-0.4, -0.2) is 54.8 Å². The van der Waals surface area contributed by atoms with E-state index in [0.717, 1.165) is 31.5 Å². The van der Waals surface area contributed by atoms with Crippen LogP contribution in [0, 0.1) is 5.92 Å². The fraction of sp³-hybridized carbons (Fsp3) is 0.579. The Bertz CT molecular complexity index is 596. The van der Waals surface area contributed by atoms with Crippen LogP contribution in [0.15, 0.2) is 30.3 Å². The molecule has 0 radical (unpaired) electrons. The summed E-state index contributed by atoms with van der Waals surface area (Å²) < 4.78 is 0. The zero-order chi connectivity index (χ0) is 17.1. The summed E-state index contributed by atoms with van der Waals surface area (Å²) in [5.74, 6) is 0.175. The van der Waals surface area contributed by atoms with E-state index in [2.05, 4.69) is 5.32 Å². The molecular weight excluding hydrogens is 338 g/mol. The lowest BCUT2D eigenvalue weighted by atomic mass is 9.83. The molecule has 2 saturated heterocycles. The molecule has 3 unspecified atom stereocenters. The van der Waals surface area contributed by atoms with Crippen molar-refractivity contribution in [1.29, 1.82) is 0 Å². The molecule has 2 aliphatic heterocycles. The molecule has 2 heterocycles. The van der Waals surface area contributed by atoms with Crippen LogP contribution in [-0.2, 0) is 9.59 Å². The van der Waals surface area contributed by atoms with Crippen molar-refractivity contribution in [3.8, 4) is 0 Å². The average Bonchev–Trinajstić information content (AvgIpc) is 2.64. The number of rotatable bonds is 3. The van der Waals surface area contributed by atoms with Crippen molar-refractivity contribution in [1.82, 2.24) is 15.1 Å². The predicted octanol–water partition coefficient (Wildman–Crippen LogP) is 2.23. The third kappa shape index (κ3) is 4.15. The molecule has 1 aromatic carbocycles. The minimum absolute atomic E-state index is 0. The summed E-state index contributed by atoms with van der Waals surface area (Å²) in [5.41, 5.74) is 1.05. The standard InChI is InChI=1S/C19H27N3O2.ClH/c1-20-15-9-6-12-22(13-15)19(24)16-10-11-17(23)21(2)18(16)14-7-4-3-5-8-14;/h3-5,7-8,15-16,18,20H,6,9-13H2,1-2H3;1H. The summed E-state index contributed by atoms with van der Waals surface area (Å²) in [6.45, 7) is 1.59. The van der Waals surface area contributed by atoms with Crippen molar-refractivity contribution in [3.63, 3.8) is 0 Å². The van der Waals surface area contributed by atoms with E-state index in [9.17, 15) is 9.59 Å². The van der Waals surface area contributed by atoms with E-state index in [1.807, 2.05) is 49.3 Å². The molecule has 25 heavy (non-hydrogen) atoms. The van der Waals surface area contributed by atoms with Gasteiger partial charge in [-0.15, -0.1) is 12.4 Å². The molecule has 0 spiro atoms. The van der Waals surface area contributed by atoms with Gasteiger partial charge in [-0.1, -0.05) is 30.3 Å². The molecule has 0 aromatic heterocycles. The number of nitrogens with zero attached hydrogens (tertiary/aromatic N) is 2. The predicted molar refractivity (Wildman–Crippen MR) is 101 cm³/mol. The number of carbonyl (C=O) groups excluding carboxylic acids is 2. The fourth-order valence-corrected chi connectivity index (χ4v) is 4.05. The number of hydrogen-bond donors (Lipinski definition) is 1. The maximum Gasteiger partial charge on any atom is 0.228 e. The maximum absolute atomic E-state index is 13.2. The first-order valence-electron chi connectivity index (χ1n) is 8.88. The molecule has 3 atom stereocenters. The molecule has 5 nitrogen and oxygen atoms in total. The van der Waals surface area contributed by atoms with Gasteiger partial charge in [0.2, 0.25) is 11.8 Å². The van der Waals surface area contributed by atoms with Crippen LogP contribution < -0.4 is 5.32 Å². The van der Waals surface area contributed by atoms with Gasteiger partial charge < -0.3 is 15.1 Å². The number of nitrogens with one attached hydrogen (secondary N) is 1. The molecule has 0 aliphatic carbocycles. The van der Waals surface area contributed by atoms with Crippen LogP contribution in [0.2, 0.25) is 0 Å². The summed E-state index contributed by atoms with van der Waals surface area (Å²) >= 11 is 0. The van der Waals surface area contributed by atoms with Gasteiger partial charge in [-0.05, 0) is 31.9 Å². The van der Waals surface area contributed by atoms with E-state index >= 15 is 0 Å². The Morgan fingerprint density at radius 1 is 1.20 bits per heavy atom. The Kier molecular flexibility index (Phi) is 6.85. The number of halogens is 1. The molecule has 2 fully saturated rings. The minimum atomic E-state index is -0.157. The molecule has 3 rings (SSSR count). The van der Waals surface area contributed by atoms with Crippen LogP contribution in [0.25, 0.3) is 0 Å². The molecule has 2 amide bonds. The largest absolute Gasteiger partial charge is 0.341 e. The van der Waals surface area contributed by atoms with Crippen LogP contribution in [0.4, 0.5) is 0 Å². The first kappa shape index (κ1) is 19.7. The molecule has 1 aromatic rings. The Labute approximate surface area is 156 Å². The van der Waals surface area contributed by atoms with Gasteiger partial charge in [0.15, 0.2) is 0 Å². The van der Waals surface area contributed by atoms with Crippen molar-refractivity contribution >= 4 is 24.2 Å². The second-order valence-corrected chi connectivity index (χ2v) is 6.92. The summed E-state index contributed by atoms with van der Waals surface area (Å²) in [7, 11) is 3.78. The smallest absolute Gasteiger partial charge is 0.228 e. The van der Waals surface area contributed by atoms with Gasteiger partial charge in [-0.25, -0.2) is 0 Å². The number of carbonyl (C=O) groups is 2. The number of benzene rings is 1. The number of hydrogen-bond acceptors (Lipinski definition) is 3. The summed E-state index contributed by atoms with van der Waals surface area (Å²) in [5, 5.41) is 3.29.